The molecule has 0 aliphatic carbocycles. The Bertz CT molecular complexity index is 920. The van der Waals surface area contributed by atoms with E-state index in [0.717, 1.165) is 5.69 Å². The summed E-state index contributed by atoms with van der Waals surface area (Å²) in [6.07, 6.45) is 3.51. The van der Waals surface area contributed by atoms with Crippen LogP contribution in [0.4, 0.5) is 5.69 Å². The second-order valence-corrected chi connectivity index (χ2v) is 5.94. The quantitative estimate of drug-likeness (QED) is 0.520. The van der Waals surface area contributed by atoms with Crippen LogP contribution in [0.25, 0.3) is 5.69 Å². The van der Waals surface area contributed by atoms with Crippen molar-refractivity contribution < 1.29 is 9.72 Å². The van der Waals surface area contributed by atoms with E-state index in [0.29, 0.717) is 11.1 Å². The van der Waals surface area contributed by atoms with Crippen molar-refractivity contribution in [3.8, 4) is 5.69 Å². The molecule has 1 heterocycles. The van der Waals surface area contributed by atoms with Gasteiger partial charge in [0.15, 0.2) is 0 Å². The maximum Gasteiger partial charge on any atom is 0.269 e. The monoisotopic (exact) mass is 350 g/mol. The average molecular weight is 350 g/mol. The van der Waals surface area contributed by atoms with E-state index in [1.807, 2.05) is 31.3 Å². The number of non-ortho nitro benzene ring substituents is 1. The largest absolute Gasteiger partial charge is 0.335 e. The first-order valence-corrected chi connectivity index (χ1v) is 8.09. The summed E-state index contributed by atoms with van der Waals surface area (Å²) in [5, 5.41) is 15.1. The number of carbonyl (C=O) groups excluding carboxylic acids is 1. The topological polar surface area (TPSA) is 81.3 Å². The number of nitro groups is 1. The van der Waals surface area contributed by atoms with Crippen molar-refractivity contribution in [3.05, 3.63) is 88.2 Å². The first kappa shape index (κ1) is 17.3. The minimum absolute atomic E-state index is 0.0128. The fourth-order valence-electron chi connectivity index (χ4n) is 2.68. The van der Waals surface area contributed by atoms with E-state index in [4.69, 9.17) is 0 Å². The van der Waals surface area contributed by atoms with E-state index in [1.54, 1.807) is 47.1 Å². The average Bonchev–Trinajstić information content (AvgIpc) is 3.21. The van der Waals surface area contributed by atoms with Gasteiger partial charge in [0.05, 0.1) is 16.7 Å². The van der Waals surface area contributed by atoms with E-state index >= 15 is 0 Å². The number of nitrogens with zero attached hydrogens (tertiary/aromatic N) is 4. The van der Waals surface area contributed by atoms with Crippen LogP contribution >= 0.6 is 0 Å². The van der Waals surface area contributed by atoms with Gasteiger partial charge in [-0.1, -0.05) is 12.1 Å². The minimum Gasteiger partial charge on any atom is -0.335 e. The molecule has 26 heavy (non-hydrogen) atoms. The third-order valence-corrected chi connectivity index (χ3v) is 4.35. The maximum absolute atomic E-state index is 12.7. The van der Waals surface area contributed by atoms with E-state index in [-0.39, 0.29) is 17.6 Å². The SMILES string of the molecule is C[C@@H](c1cccc([N+](=O)[O-])c1)N(C)C(=O)c1ccc(-n2cccn2)cc1. The van der Waals surface area contributed by atoms with Crippen LogP contribution in [0.3, 0.4) is 0 Å². The van der Waals surface area contributed by atoms with Gasteiger partial charge in [-0.25, -0.2) is 4.68 Å². The fraction of sp³-hybridized carbons (Fsp3) is 0.158. The van der Waals surface area contributed by atoms with Crippen molar-refractivity contribution in [2.24, 2.45) is 0 Å². The number of carbonyl (C=O) groups is 1. The Labute approximate surface area is 150 Å². The zero-order valence-corrected chi connectivity index (χ0v) is 14.4. The molecular formula is C19H18N4O3. The van der Waals surface area contributed by atoms with Crippen molar-refractivity contribution in [1.29, 1.82) is 0 Å². The van der Waals surface area contributed by atoms with E-state index in [1.165, 1.54) is 12.1 Å². The normalized spacial score (nSPS) is 11.8. The number of benzene rings is 2. The van der Waals surface area contributed by atoms with Crippen molar-refractivity contribution in [2.75, 3.05) is 7.05 Å². The first-order chi connectivity index (χ1) is 12.5. The lowest BCUT2D eigenvalue weighted by Crippen LogP contribution is -2.29. The molecule has 0 unspecified atom stereocenters. The molecule has 7 nitrogen and oxygen atoms in total. The molecule has 0 bridgehead atoms. The van der Waals surface area contributed by atoms with Crippen LogP contribution in [0, 0.1) is 10.1 Å². The lowest BCUT2D eigenvalue weighted by atomic mass is 10.1. The van der Waals surface area contributed by atoms with Gasteiger partial charge < -0.3 is 4.90 Å². The molecule has 1 amide bonds. The highest BCUT2D eigenvalue weighted by Gasteiger charge is 2.20. The number of aromatic nitrogens is 2. The molecule has 1 aromatic heterocycles. The Morgan fingerprint density at radius 2 is 1.92 bits per heavy atom. The van der Waals surface area contributed by atoms with Crippen LogP contribution in [0.5, 0.6) is 0 Å². The smallest absolute Gasteiger partial charge is 0.269 e. The number of hydrogen-bond acceptors (Lipinski definition) is 4. The number of amides is 1. The van der Waals surface area contributed by atoms with Gasteiger partial charge in [-0.3, -0.25) is 14.9 Å². The predicted octanol–water partition coefficient (Wildman–Crippen LogP) is 3.61. The molecule has 0 fully saturated rings. The zero-order valence-electron chi connectivity index (χ0n) is 14.4. The van der Waals surface area contributed by atoms with Gasteiger partial charge in [0.25, 0.3) is 11.6 Å². The third-order valence-electron chi connectivity index (χ3n) is 4.35. The molecule has 0 aliphatic heterocycles. The molecule has 0 saturated carbocycles. The van der Waals surface area contributed by atoms with Crippen molar-refractivity contribution >= 4 is 11.6 Å². The standard InChI is InChI=1S/C19H18N4O3/c1-14(16-5-3-6-18(13-16)23(25)26)21(2)19(24)15-7-9-17(10-8-15)22-12-4-11-20-22/h3-14H,1-2H3/t14-/m0/s1. The first-order valence-electron chi connectivity index (χ1n) is 8.09. The minimum atomic E-state index is -0.438. The summed E-state index contributed by atoms with van der Waals surface area (Å²) >= 11 is 0. The van der Waals surface area contributed by atoms with Crippen LogP contribution in [0.2, 0.25) is 0 Å². The Hall–Kier alpha value is -3.48. The summed E-state index contributed by atoms with van der Waals surface area (Å²) in [6.45, 7) is 1.84. The third kappa shape index (κ3) is 3.46. The molecule has 132 valence electrons. The van der Waals surface area contributed by atoms with Gasteiger partial charge in [0, 0.05) is 37.1 Å². The molecule has 2 aromatic carbocycles. The van der Waals surface area contributed by atoms with Crippen LogP contribution in [0.1, 0.15) is 28.9 Å². The van der Waals surface area contributed by atoms with Crippen LogP contribution in [0.15, 0.2) is 67.0 Å². The Kier molecular flexibility index (Phi) is 4.79. The molecule has 3 rings (SSSR count). The van der Waals surface area contributed by atoms with Crippen molar-refractivity contribution in [1.82, 2.24) is 14.7 Å². The van der Waals surface area contributed by atoms with E-state index in [2.05, 4.69) is 5.10 Å². The summed E-state index contributed by atoms with van der Waals surface area (Å²) in [7, 11) is 1.69. The second-order valence-electron chi connectivity index (χ2n) is 5.94. The van der Waals surface area contributed by atoms with Gasteiger partial charge in [0.1, 0.15) is 0 Å². The van der Waals surface area contributed by atoms with Crippen LogP contribution < -0.4 is 0 Å². The highest BCUT2D eigenvalue weighted by molar-refractivity contribution is 5.94. The lowest BCUT2D eigenvalue weighted by molar-refractivity contribution is -0.384. The molecule has 7 heteroatoms. The van der Waals surface area contributed by atoms with Crippen LogP contribution in [-0.2, 0) is 0 Å². The molecule has 0 spiro atoms. The Balaban J connectivity index is 1.78. The maximum atomic E-state index is 12.7. The Morgan fingerprint density at radius 1 is 1.19 bits per heavy atom. The van der Waals surface area contributed by atoms with E-state index < -0.39 is 4.92 Å². The van der Waals surface area contributed by atoms with Gasteiger partial charge in [-0.15, -0.1) is 0 Å². The van der Waals surface area contributed by atoms with Gasteiger partial charge in [-0.05, 0) is 42.8 Å². The molecule has 0 N–H and O–H groups in total. The van der Waals surface area contributed by atoms with Gasteiger partial charge in [0.2, 0.25) is 0 Å². The fourth-order valence-corrected chi connectivity index (χ4v) is 2.68. The zero-order chi connectivity index (χ0) is 18.7. The molecule has 3 aromatic rings. The molecule has 1 atom stereocenters. The highest BCUT2D eigenvalue weighted by atomic mass is 16.6. The number of hydrogen-bond donors (Lipinski definition) is 0. The summed E-state index contributed by atoms with van der Waals surface area (Å²) in [5.74, 6) is -0.156. The number of nitro benzene ring substituents is 1. The molecule has 0 saturated heterocycles. The molecule has 0 aliphatic rings. The second kappa shape index (κ2) is 7.18. The summed E-state index contributed by atoms with van der Waals surface area (Å²) < 4.78 is 1.71. The van der Waals surface area contributed by atoms with E-state index in [9.17, 15) is 14.9 Å². The highest BCUT2D eigenvalue weighted by Crippen LogP contribution is 2.24. The van der Waals surface area contributed by atoms with Gasteiger partial charge >= 0.3 is 0 Å². The molecule has 0 radical (unpaired) electrons. The molecular weight excluding hydrogens is 332 g/mol. The summed E-state index contributed by atoms with van der Waals surface area (Å²) in [4.78, 5) is 24.8. The number of rotatable bonds is 5. The van der Waals surface area contributed by atoms with Crippen molar-refractivity contribution in [3.63, 3.8) is 0 Å². The lowest BCUT2D eigenvalue weighted by Gasteiger charge is -2.25. The van der Waals surface area contributed by atoms with Crippen LogP contribution in [-0.4, -0.2) is 32.6 Å². The van der Waals surface area contributed by atoms with Gasteiger partial charge in [-0.2, -0.15) is 5.10 Å². The summed E-state index contributed by atoms with van der Waals surface area (Å²) in [6, 6.07) is 15.0. The Morgan fingerprint density at radius 3 is 2.54 bits per heavy atom. The van der Waals surface area contributed by atoms with Crippen molar-refractivity contribution in [2.45, 2.75) is 13.0 Å². The summed E-state index contributed by atoms with van der Waals surface area (Å²) in [5.41, 5.74) is 2.13. The predicted molar refractivity (Wildman–Crippen MR) is 97.2 cm³/mol.